The second-order valence-electron chi connectivity index (χ2n) is 7.98. The lowest BCUT2D eigenvalue weighted by molar-refractivity contribution is -0.148. The van der Waals surface area contributed by atoms with Crippen molar-refractivity contribution in [3.63, 3.8) is 0 Å². The molecule has 0 spiro atoms. The molecule has 6 atom stereocenters. The summed E-state index contributed by atoms with van der Waals surface area (Å²) in [6, 6.07) is -3.62. The fraction of sp³-hybridized carbons (Fsp3) is 0.789. The Bertz CT molecular complexity index is 653. The Morgan fingerprint density at radius 3 is 2.03 bits per heavy atom. The van der Waals surface area contributed by atoms with E-state index in [9.17, 15) is 29.4 Å². The average Bonchev–Trinajstić information content (AvgIpc) is 3.32. The first kappa shape index (κ1) is 23.2. The SMILES string of the molecule is CC(=O)[C@@H](NC(=O)[C@@H]1CCCN1C(=O)[C@@H]1CCCN1C(=O)[C@@H](N)[C@@H](C)O)[C@@H](C)O. The van der Waals surface area contributed by atoms with Gasteiger partial charge in [0.15, 0.2) is 5.78 Å². The lowest BCUT2D eigenvalue weighted by Gasteiger charge is -2.33. The molecule has 0 aliphatic carbocycles. The maximum absolute atomic E-state index is 13.2. The van der Waals surface area contributed by atoms with Crippen molar-refractivity contribution in [1.82, 2.24) is 15.1 Å². The number of hydrogen-bond acceptors (Lipinski definition) is 7. The van der Waals surface area contributed by atoms with Gasteiger partial charge in [0.05, 0.1) is 12.2 Å². The number of amides is 3. The van der Waals surface area contributed by atoms with E-state index in [1.165, 1.54) is 30.6 Å². The third kappa shape index (κ3) is 5.12. The van der Waals surface area contributed by atoms with Crippen LogP contribution in [0.25, 0.3) is 0 Å². The molecule has 5 N–H and O–H groups in total. The van der Waals surface area contributed by atoms with Crippen LogP contribution in [0.1, 0.15) is 46.5 Å². The van der Waals surface area contributed by atoms with Crippen LogP contribution in [-0.2, 0) is 19.2 Å². The van der Waals surface area contributed by atoms with Gasteiger partial charge in [0.25, 0.3) is 0 Å². The number of nitrogens with zero attached hydrogens (tertiary/aromatic N) is 2. The number of likely N-dealkylation sites (tertiary alicyclic amines) is 2. The van der Waals surface area contributed by atoms with Crippen LogP contribution >= 0.6 is 0 Å². The van der Waals surface area contributed by atoms with E-state index in [1.54, 1.807) is 0 Å². The number of carbonyl (C=O) groups excluding carboxylic acids is 4. The predicted octanol–water partition coefficient (Wildman–Crippen LogP) is -1.87. The van der Waals surface area contributed by atoms with Crippen LogP contribution in [0.4, 0.5) is 0 Å². The van der Waals surface area contributed by atoms with E-state index >= 15 is 0 Å². The molecule has 2 aliphatic rings. The Morgan fingerprint density at radius 2 is 1.52 bits per heavy atom. The fourth-order valence-corrected chi connectivity index (χ4v) is 3.99. The first-order valence-electron chi connectivity index (χ1n) is 10.1. The molecule has 0 bridgehead atoms. The Kier molecular flexibility index (Phi) is 7.73. The maximum Gasteiger partial charge on any atom is 0.246 e. The van der Waals surface area contributed by atoms with Gasteiger partial charge in [0.1, 0.15) is 24.2 Å². The molecule has 10 nitrogen and oxygen atoms in total. The summed E-state index contributed by atoms with van der Waals surface area (Å²) in [5.41, 5.74) is 5.76. The number of Topliss-reactive ketones (excluding diaryl/α,β-unsaturated/α-hetero) is 1. The Hall–Kier alpha value is -2.04. The van der Waals surface area contributed by atoms with Gasteiger partial charge in [0, 0.05) is 13.1 Å². The molecule has 0 aromatic heterocycles. The van der Waals surface area contributed by atoms with Crippen LogP contribution in [0.15, 0.2) is 0 Å². The lowest BCUT2D eigenvalue weighted by Crippen LogP contribution is -2.58. The summed E-state index contributed by atoms with van der Waals surface area (Å²) in [6.07, 6.45) is 0.0759. The summed E-state index contributed by atoms with van der Waals surface area (Å²) in [5.74, 6) is -1.68. The van der Waals surface area contributed by atoms with Crippen molar-refractivity contribution >= 4 is 23.5 Å². The fourth-order valence-electron chi connectivity index (χ4n) is 3.99. The molecule has 2 heterocycles. The minimum absolute atomic E-state index is 0.331. The highest BCUT2D eigenvalue weighted by atomic mass is 16.3. The third-order valence-electron chi connectivity index (χ3n) is 5.68. The van der Waals surface area contributed by atoms with Crippen molar-refractivity contribution in [2.45, 2.75) is 82.8 Å². The normalized spacial score (nSPS) is 26.0. The average molecular weight is 412 g/mol. The van der Waals surface area contributed by atoms with Crippen molar-refractivity contribution in [1.29, 1.82) is 0 Å². The molecule has 164 valence electrons. The number of ketones is 1. The highest BCUT2D eigenvalue weighted by molar-refractivity contribution is 5.95. The number of aliphatic hydroxyl groups excluding tert-OH is 2. The molecule has 2 rings (SSSR count). The molecule has 29 heavy (non-hydrogen) atoms. The summed E-state index contributed by atoms with van der Waals surface area (Å²) in [5, 5.41) is 21.9. The molecular weight excluding hydrogens is 380 g/mol. The zero-order chi connectivity index (χ0) is 21.9. The Morgan fingerprint density at radius 1 is 0.966 bits per heavy atom. The first-order valence-corrected chi connectivity index (χ1v) is 10.1. The van der Waals surface area contributed by atoms with Crippen LogP contribution in [0.3, 0.4) is 0 Å². The van der Waals surface area contributed by atoms with Gasteiger partial charge in [-0.05, 0) is 46.5 Å². The van der Waals surface area contributed by atoms with Gasteiger partial charge in [-0.3, -0.25) is 19.2 Å². The summed E-state index contributed by atoms with van der Waals surface area (Å²) in [6.45, 7) is 4.86. The van der Waals surface area contributed by atoms with Crippen LogP contribution < -0.4 is 11.1 Å². The quantitative estimate of drug-likeness (QED) is 0.382. The van der Waals surface area contributed by atoms with Crippen LogP contribution in [0.5, 0.6) is 0 Å². The van der Waals surface area contributed by atoms with E-state index in [4.69, 9.17) is 5.73 Å². The lowest BCUT2D eigenvalue weighted by atomic mass is 10.1. The zero-order valence-electron chi connectivity index (χ0n) is 17.2. The van der Waals surface area contributed by atoms with Crippen LogP contribution in [0.2, 0.25) is 0 Å². The van der Waals surface area contributed by atoms with Gasteiger partial charge in [-0.1, -0.05) is 0 Å². The van der Waals surface area contributed by atoms with E-state index in [2.05, 4.69) is 5.32 Å². The summed E-state index contributed by atoms with van der Waals surface area (Å²) in [7, 11) is 0. The van der Waals surface area contributed by atoms with Crippen LogP contribution in [-0.4, -0.2) is 93.0 Å². The van der Waals surface area contributed by atoms with Crippen molar-refractivity contribution in [2.24, 2.45) is 5.73 Å². The number of nitrogens with one attached hydrogen (secondary N) is 1. The Labute approximate surface area is 170 Å². The molecule has 3 amide bonds. The minimum Gasteiger partial charge on any atom is -0.391 e. The Balaban J connectivity index is 2.11. The van der Waals surface area contributed by atoms with Gasteiger partial charge in [0.2, 0.25) is 17.7 Å². The molecule has 2 aliphatic heterocycles. The van der Waals surface area contributed by atoms with E-state index in [1.807, 2.05) is 0 Å². The first-order chi connectivity index (χ1) is 13.6. The molecule has 0 aromatic carbocycles. The highest BCUT2D eigenvalue weighted by Gasteiger charge is 2.43. The van der Waals surface area contributed by atoms with E-state index in [0.717, 1.165) is 0 Å². The van der Waals surface area contributed by atoms with Crippen LogP contribution in [0, 0.1) is 0 Å². The van der Waals surface area contributed by atoms with E-state index in [-0.39, 0.29) is 11.7 Å². The highest BCUT2D eigenvalue weighted by Crippen LogP contribution is 2.25. The van der Waals surface area contributed by atoms with Gasteiger partial charge in [-0.15, -0.1) is 0 Å². The number of rotatable bonds is 7. The minimum atomic E-state index is -1.11. The molecule has 0 saturated carbocycles. The molecule has 2 fully saturated rings. The van der Waals surface area contributed by atoms with Crippen molar-refractivity contribution in [3.05, 3.63) is 0 Å². The standard InChI is InChI=1S/C19H32N4O6/c1-10(24)15(20)19(29)23-9-5-7-14(23)18(28)22-8-4-6-13(22)17(27)21-16(11(2)25)12(3)26/h10-11,13-16,24-25H,4-9,20H2,1-3H3,(H,21,27)/t10-,11-,13+,14+,15+,16+/m1/s1. The van der Waals surface area contributed by atoms with Crippen molar-refractivity contribution in [2.75, 3.05) is 13.1 Å². The monoisotopic (exact) mass is 412 g/mol. The third-order valence-corrected chi connectivity index (χ3v) is 5.68. The zero-order valence-corrected chi connectivity index (χ0v) is 17.2. The molecule has 2 saturated heterocycles. The predicted molar refractivity (Wildman–Crippen MR) is 103 cm³/mol. The van der Waals surface area contributed by atoms with Gasteiger partial charge in [-0.25, -0.2) is 0 Å². The van der Waals surface area contributed by atoms with Crippen molar-refractivity contribution < 1.29 is 29.4 Å². The van der Waals surface area contributed by atoms with E-state index < -0.39 is 48.2 Å². The van der Waals surface area contributed by atoms with Crippen molar-refractivity contribution in [3.8, 4) is 0 Å². The largest absolute Gasteiger partial charge is 0.391 e. The van der Waals surface area contributed by atoms with Gasteiger partial charge < -0.3 is 31.1 Å². The second-order valence-corrected chi connectivity index (χ2v) is 7.98. The summed E-state index contributed by atoms with van der Waals surface area (Å²) in [4.78, 5) is 52.9. The molecular formula is C19H32N4O6. The molecule has 0 aromatic rings. The number of hydrogen-bond donors (Lipinski definition) is 4. The number of aliphatic hydroxyl groups is 2. The van der Waals surface area contributed by atoms with Gasteiger partial charge >= 0.3 is 0 Å². The summed E-state index contributed by atoms with van der Waals surface area (Å²) < 4.78 is 0. The number of nitrogens with two attached hydrogens (primary N) is 1. The maximum atomic E-state index is 13.2. The van der Waals surface area contributed by atoms with Gasteiger partial charge in [-0.2, -0.15) is 0 Å². The molecule has 0 unspecified atom stereocenters. The summed E-state index contributed by atoms with van der Waals surface area (Å²) >= 11 is 0. The molecule has 0 radical (unpaired) electrons. The number of carbonyl (C=O) groups is 4. The second kappa shape index (κ2) is 9.64. The molecule has 10 heteroatoms. The smallest absolute Gasteiger partial charge is 0.246 e. The topological polar surface area (TPSA) is 153 Å². The van der Waals surface area contributed by atoms with E-state index in [0.29, 0.717) is 38.8 Å².